The van der Waals surface area contributed by atoms with Crippen LogP contribution in [0.15, 0.2) is 6.07 Å². The zero-order valence-corrected chi connectivity index (χ0v) is 17.9. The summed E-state index contributed by atoms with van der Waals surface area (Å²) in [5.41, 5.74) is 5.52. The van der Waals surface area contributed by atoms with Crippen LogP contribution < -0.4 is 5.73 Å². The van der Waals surface area contributed by atoms with Crippen LogP contribution in [-0.2, 0) is 11.7 Å². The van der Waals surface area contributed by atoms with E-state index in [1.165, 1.54) is 6.07 Å². The van der Waals surface area contributed by atoms with Gasteiger partial charge in [-0.15, -0.1) is 0 Å². The van der Waals surface area contributed by atoms with E-state index in [-0.39, 0.29) is 11.4 Å². The predicted molar refractivity (Wildman–Crippen MR) is 108 cm³/mol. The van der Waals surface area contributed by atoms with Gasteiger partial charge in [0.2, 0.25) is 5.82 Å². The summed E-state index contributed by atoms with van der Waals surface area (Å²) >= 11 is 0. The number of hydrogen-bond acceptors (Lipinski definition) is 6. The van der Waals surface area contributed by atoms with E-state index in [1.807, 2.05) is 0 Å². The molecule has 3 aliphatic carbocycles. The smallest absolute Gasteiger partial charge is 0.335 e. The highest BCUT2D eigenvalue weighted by Gasteiger charge is 2.63. The zero-order chi connectivity index (χ0) is 22.7. The number of nitriles is 1. The van der Waals surface area contributed by atoms with E-state index in [4.69, 9.17) is 11.0 Å². The Morgan fingerprint density at radius 3 is 2.44 bits per heavy atom. The third kappa shape index (κ3) is 3.65. The number of piperazine rings is 1. The summed E-state index contributed by atoms with van der Waals surface area (Å²) in [5.74, 6) is -1.28. The summed E-state index contributed by atoms with van der Waals surface area (Å²) in [5, 5.41) is 8.85. The third-order valence-electron chi connectivity index (χ3n) is 7.91. The van der Waals surface area contributed by atoms with Gasteiger partial charge in [0.15, 0.2) is 0 Å². The largest absolute Gasteiger partial charge is 0.451 e. The molecule has 4 fully saturated rings. The second-order valence-corrected chi connectivity index (χ2v) is 10.0. The van der Waals surface area contributed by atoms with Crippen LogP contribution in [-0.4, -0.2) is 57.9 Å². The van der Waals surface area contributed by atoms with Crippen molar-refractivity contribution < 1.29 is 18.0 Å². The Morgan fingerprint density at radius 2 is 1.88 bits per heavy atom. The lowest BCUT2D eigenvalue weighted by atomic mass is 9.70. The number of amides is 1. The lowest BCUT2D eigenvalue weighted by Gasteiger charge is -2.41. The van der Waals surface area contributed by atoms with Gasteiger partial charge in [-0.1, -0.05) is 0 Å². The average Bonchev–Trinajstić information content (AvgIpc) is 3.46. The summed E-state index contributed by atoms with van der Waals surface area (Å²) in [7, 11) is 0. The van der Waals surface area contributed by atoms with Crippen LogP contribution >= 0.6 is 0 Å². The normalized spacial score (nSPS) is 31.5. The molecule has 0 bridgehead atoms. The average molecular weight is 448 g/mol. The molecule has 1 atom stereocenters. The first-order valence-electron chi connectivity index (χ1n) is 11.3. The third-order valence-corrected chi connectivity index (χ3v) is 7.91. The van der Waals surface area contributed by atoms with Crippen molar-refractivity contribution in [2.45, 2.75) is 62.7 Å². The van der Waals surface area contributed by atoms with E-state index in [0.29, 0.717) is 62.8 Å². The Bertz CT molecular complexity index is 955. The van der Waals surface area contributed by atoms with Crippen LogP contribution in [0.2, 0.25) is 0 Å². The van der Waals surface area contributed by atoms with Gasteiger partial charge in [0.1, 0.15) is 5.69 Å². The summed E-state index contributed by atoms with van der Waals surface area (Å²) in [4.78, 5) is 24.2. The first-order valence-corrected chi connectivity index (χ1v) is 11.3. The maximum atomic E-state index is 13.4. The van der Waals surface area contributed by atoms with E-state index >= 15 is 0 Å². The molecule has 1 spiro atoms. The van der Waals surface area contributed by atoms with Crippen molar-refractivity contribution in [2.75, 3.05) is 26.2 Å². The molecule has 0 radical (unpaired) electrons. The van der Waals surface area contributed by atoms with Crippen LogP contribution in [0.1, 0.15) is 67.0 Å². The number of rotatable bonds is 4. The van der Waals surface area contributed by atoms with Gasteiger partial charge in [-0.05, 0) is 55.9 Å². The van der Waals surface area contributed by atoms with Crippen LogP contribution in [0.25, 0.3) is 0 Å². The minimum atomic E-state index is -4.74. The second kappa shape index (κ2) is 7.39. The Labute approximate surface area is 184 Å². The number of alkyl halides is 3. The number of aromatic nitrogens is 2. The van der Waals surface area contributed by atoms with E-state index in [1.54, 1.807) is 4.90 Å². The molecular formula is C22H27F3N6O. The molecule has 10 heteroatoms. The molecule has 4 aliphatic rings. The fraction of sp³-hybridized carbons (Fsp3) is 0.727. The summed E-state index contributed by atoms with van der Waals surface area (Å²) < 4.78 is 40.1. The molecular weight excluding hydrogens is 421 g/mol. The van der Waals surface area contributed by atoms with Crippen LogP contribution in [0.5, 0.6) is 0 Å². The molecule has 5 rings (SSSR count). The first-order chi connectivity index (χ1) is 15.1. The van der Waals surface area contributed by atoms with Gasteiger partial charge in [0.05, 0.1) is 17.3 Å². The van der Waals surface area contributed by atoms with Crippen molar-refractivity contribution in [1.29, 1.82) is 5.26 Å². The number of carbonyl (C=O) groups excluding carboxylic acids is 1. The lowest BCUT2D eigenvalue weighted by molar-refractivity contribution is -0.145. The maximum Gasteiger partial charge on any atom is 0.451 e. The molecule has 172 valence electrons. The highest BCUT2D eigenvalue weighted by Crippen LogP contribution is 2.65. The molecule has 3 saturated carbocycles. The Balaban J connectivity index is 1.25. The zero-order valence-electron chi connectivity index (χ0n) is 17.9. The second-order valence-electron chi connectivity index (χ2n) is 10.0. The van der Waals surface area contributed by atoms with Gasteiger partial charge in [-0.3, -0.25) is 9.69 Å². The SMILES string of the molecule is N#CCC1CC2(C1)CC2N1CCN(C(=O)c2cc(C3(N)CCC3)nc(C(F)(F)F)n2)CC1. The molecule has 7 nitrogen and oxygen atoms in total. The number of carbonyl (C=O) groups is 1. The molecule has 1 saturated heterocycles. The van der Waals surface area contributed by atoms with Crippen molar-refractivity contribution in [1.82, 2.24) is 19.8 Å². The maximum absolute atomic E-state index is 13.4. The summed E-state index contributed by atoms with van der Waals surface area (Å²) in [6, 6.07) is 4.11. The molecule has 1 aromatic heterocycles. The molecule has 1 aromatic rings. The Hall–Kier alpha value is -2.25. The predicted octanol–water partition coefficient (Wildman–Crippen LogP) is 2.67. The number of nitrogens with two attached hydrogens (primary N) is 1. The minimum absolute atomic E-state index is 0.102. The highest BCUT2D eigenvalue weighted by molar-refractivity contribution is 5.92. The van der Waals surface area contributed by atoms with Crippen molar-refractivity contribution >= 4 is 5.91 Å². The molecule has 2 heterocycles. The van der Waals surface area contributed by atoms with Crippen LogP contribution in [0.4, 0.5) is 13.2 Å². The van der Waals surface area contributed by atoms with Gasteiger partial charge in [-0.2, -0.15) is 18.4 Å². The Kier molecular flexibility index (Phi) is 4.98. The molecule has 0 aromatic carbocycles. The number of hydrogen-bond donors (Lipinski definition) is 1. The van der Waals surface area contributed by atoms with E-state index in [2.05, 4.69) is 20.9 Å². The number of halogens is 3. The van der Waals surface area contributed by atoms with Crippen LogP contribution in [0, 0.1) is 22.7 Å². The van der Waals surface area contributed by atoms with Crippen molar-refractivity contribution in [2.24, 2.45) is 17.1 Å². The van der Waals surface area contributed by atoms with Crippen molar-refractivity contribution in [3.63, 3.8) is 0 Å². The first kappa shape index (κ1) is 21.6. The summed E-state index contributed by atoms with van der Waals surface area (Å²) in [6.45, 7) is 2.32. The Morgan fingerprint density at radius 1 is 1.19 bits per heavy atom. The standard InChI is InChI=1S/C22H27F3N6O/c23-22(24,25)19-28-15(10-16(29-19)21(27)3-1-4-21)18(32)31-8-6-30(7-9-31)17-13-20(17)11-14(12-20)2-5-26/h10,14,17H,1-4,6-9,11-13,27H2. The van der Waals surface area contributed by atoms with Crippen molar-refractivity contribution in [3.8, 4) is 6.07 Å². The molecule has 2 N–H and O–H groups in total. The monoisotopic (exact) mass is 448 g/mol. The fourth-order valence-electron chi connectivity index (χ4n) is 5.80. The topological polar surface area (TPSA) is 99.1 Å². The van der Waals surface area contributed by atoms with E-state index < -0.39 is 23.4 Å². The molecule has 32 heavy (non-hydrogen) atoms. The molecule has 1 unspecified atom stereocenters. The van der Waals surface area contributed by atoms with E-state index in [0.717, 1.165) is 25.7 Å². The van der Waals surface area contributed by atoms with Gasteiger partial charge < -0.3 is 10.6 Å². The van der Waals surface area contributed by atoms with Gasteiger partial charge in [0, 0.05) is 38.6 Å². The lowest BCUT2D eigenvalue weighted by Crippen LogP contribution is -2.51. The van der Waals surface area contributed by atoms with Gasteiger partial charge in [-0.25, -0.2) is 9.97 Å². The van der Waals surface area contributed by atoms with Gasteiger partial charge in [0.25, 0.3) is 5.91 Å². The van der Waals surface area contributed by atoms with E-state index in [9.17, 15) is 18.0 Å². The molecule has 1 amide bonds. The fourth-order valence-corrected chi connectivity index (χ4v) is 5.80. The van der Waals surface area contributed by atoms with Crippen LogP contribution in [0.3, 0.4) is 0 Å². The van der Waals surface area contributed by atoms with Gasteiger partial charge >= 0.3 is 6.18 Å². The molecule has 1 aliphatic heterocycles. The minimum Gasteiger partial charge on any atom is -0.335 e. The summed E-state index contributed by atoms with van der Waals surface area (Å²) in [6.07, 6.45) is 1.17. The quantitative estimate of drug-likeness (QED) is 0.760. The number of nitrogens with zero attached hydrogens (tertiary/aromatic N) is 5. The highest BCUT2D eigenvalue weighted by atomic mass is 19.4. The van der Waals surface area contributed by atoms with Crippen molar-refractivity contribution in [3.05, 3.63) is 23.3 Å².